The molecule has 2 N–H and O–H groups in total. The molecule has 1 aromatic rings. The Morgan fingerprint density at radius 2 is 2.10 bits per heavy atom. The fourth-order valence-electron chi connectivity index (χ4n) is 1.37. The Morgan fingerprint density at radius 1 is 1.38 bits per heavy atom. The number of esters is 1. The van der Waals surface area contributed by atoms with Crippen LogP contribution in [0.15, 0.2) is 30.4 Å². The molecular formula is C14H15ClN2O3S. The first kappa shape index (κ1) is 17.1. The van der Waals surface area contributed by atoms with Gasteiger partial charge in [0, 0.05) is 22.9 Å². The van der Waals surface area contributed by atoms with Crippen molar-refractivity contribution in [2.75, 3.05) is 11.9 Å². The van der Waals surface area contributed by atoms with Crippen LogP contribution in [0.25, 0.3) is 0 Å². The van der Waals surface area contributed by atoms with Gasteiger partial charge in [0.05, 0.1) is 6.61 Å². The number of amides is 1. The summed E-state index contributed by atoms with van der Waals surface area (Å²) in [5.74, 6) is -1.11. The van der Waals surface area contributed by atoms with Crippen molar-refractivity contribution in [3.63, 3.8) is 0 Å². The van der Waals surface area contributed by atoms with E-state index in [9.17, 15) is 9.59 Å². The van der Waals surface area contributed by atoms with Crippen LogP contribution in [0.1, 0.15) is 12.5 Å². The molecule has 0 aromatic heterocycles. The lowest BCUT2D eigenvalue weighted by Crippen LogP contribution is -2.33. The van der Waals surface area contributed by atoms with Gasteiger partial charge in [-0.1, -0.05) is 17.7 Å². The van der Waals surface area contributed by atoms with Crippen molar-refractivity contribution < 1.29 is 14.3 Å². The van der Waals surface area contributed by atoms with Gasteiger partial charge in [-0.15, -0.1) is 0 Å². The molecule has 0 bridgehead atoms. The fraction of sp³-hybridized carbons (Fsp3) is 0.214. The molecule has 0 aliphatic carbocycles. The number of nitrogens with one attached hydrogen (secondary N) is 2. The predicted molar refractivity (Wildman–Crippen MR) is 86.3 cm³/mol. The zero-order valence-corrected chi connectivity index (χ0v) is 13.2. The topological polar surface area (TPSA) is 67.4 Å². The Kier molecular flexibility index (Phi) is 6.84. The van der Waals surface area contributed by atoms with Crippen LogP contribution in [0.3, 0.4) is 0 Å². The molecule has 0 atom stereocenters. The molecule has 1 rings (SSSR count). The molecule has 1 aromatic carbocycles. The lowest BCUT2D eigenvalue weighted by Gasteiger charge is -2.11. The summed E-state index contributed by atoms with van der Waals surface area (Å²) in [6.45, 7) is 3.81. The number of hydrogen-bond acceptors (Lipinski definition) is 4. The average molecular weight is 327 g/mol. The summed E-state index contributed by atoms with van der Waals surface area (Å²) in [6, 6.07) is 5.28. The molecule has 0 radical (unpaired) electrons. The van der Waals surface area contributed by atoms with E-state index in [1.807, 2.05) is 13.0 Å². The highest BCUT2D eigenvalue weighted by Gasteiger charge is 2.05. The number of halogens is 1. The maximum absolute atomic E-state index is 11.5. The van der Waals surface area contributed by atoms with E-state index in [-0.39, 0.29) is 11.7 Å². The summed E-state index contributed by atoms with van der Waals surface area (Å²) in [6.07, 6.45) is 2.09. The van der Waals surface area contributed by atoms with Crippen LogP contribution in [0, 0.1) is 6.92 Å². The minimum atomic E-state index is -0.586. The van der Waals surface area contributed by atoms with Crippen molar-refractivity contribution in [1.82, 2.24) is 5.32 Å². The summed E-state index contributed by atoms with van der Waals surface area (Å²) in [4.78, 5) is 22.6. The summed E-state index contributed by atoms with van der Waals surface area (Å²) in [5, 5.41) is 5.94. The van der Waals surface area contributed by atoms with Crippen LogP contribution in [0.5, 0.6) is 0 Å². The van der Waals surface area contributed by atoms with Crippen molar-refractivity contribution in [1.29, 1.82) is 0 Å². The van der Waals surface area contributed by atoms with Crippen LogP contribution in [-0.2, 0) is 14.3 Å². The normalized spacial score (nSPS) is 10.2. The number of rotatable bonds is 4. The van der Waals surface area contributed by atoms with Crippen molar-refractivity contribution in [3.8, 4) is 0 Å². The van der Waals surface area contributed by atoms with E-state index in [0.717, 1.165) is 17.7 Å². The van der Waals surface area contributed by atoms with Gasteiger partial charge < -0.3 is 10.1 Å². The minimum Gasteiger partial charge on any atom is -0.463 e. The van der Waals surface area contributed by atoms with Gasteiger partial charge in [-0.05, 0) is 43.8 Å². The highest BCUT2D eigenvalue weighted by Crippen LogP contribution is 2.19. The summed E-state index contributed by atoms with van der Waals surface area (Å²) < 4.78 is 4.65. The van der Waals surface area contributed by atoms with Crippen molar-refractivity contribution in [2.24, 2.45) is 0 Å². The van der Waals surface area contributed by atoms with Crippen molar-refractivity contribution in [2.45, 2.75) is 13.8 Å². The molecule has 21 heavy (non-hydrogen) atoms. The number of carbonyl (C=O) groups excluding carboxylic acids is 2. The Labute approximate surface area is 133 Å². The number of aryl methyl sites for hydroxylation is 1. The van der Waals surface area contributed by atoms with Gasteiger partial charge in [0.2, 0.25) is 5.91 Å². The molecule has 0 spiro atoms. The molecule has 1 amide bonds. The first-order chi connectivity index (χ1) is 9.92. The third-order valence-electron chi connectivity index (χ3n) is 2.34. The van der Waals surface area contributed by atoms with Gasteiger partial charge >= 0.3 is 5.97 Å². The van der Waals surface area contributed by atoms with Crippen LogP contribution < -0.4 is 10.6 Å². The summed E-state index contributed by atoms with van der Waals surface area (Å²) >= 11 is 10.9. The summed E-state index contributed by atoms with van der Waals surface area (Å²) in [5.41, 5.74) is 1.63. The predicted octanol–water partition coefficient (Wildman–Crippen LogP) is 2.58. The van der Waals surface area contributed by atoms with Crippen LogP contribution in [-0.4, -0.2) is 23.6 Å². The minimum absolute atomic E-state index is 0.110. The molecular weight excluding hydrogens is 312 g/mol. The third kappa shape index (κ3) is 6.37. The van der Waals surface area contributed by atoms with Crippen molar-refractivity contribution >= 4 is 46.5 Å². The van der Waals surface area contributed by atoms with Crippen molar-refractivity contribution in [3.05, 3.63) is 40.9 Å². The van der Waals surface area contributed by atoms with Gasteiger partial charge in [0.25, 0.3) is 0 Å². The van der Waals surface area contributed by atoms with Crippen LogP contribution in [0.4, 0.5) is 5.69 Å². The van der Waals surface area contributed by atoms with E-state index in [0.29, 0.717) is 10.7 Å². The zero-order valence-electron chi connectivity index (χ0n) is 11.6. The Balaban J connectivity index is 2.55. The molecule has 0 saturated heterocycles. The molecule has 0 heterocycles. The molecule has 0 fully saturated rings. The van der Waals surface area contributed by atoms with E-state index in [4.69, 9.17) is 23.8 Å². The zero-order chi connectivity index (χ0) is 15.8. The lowest BCUT2D eigenvalue weighted by molar-refractivity contribution is -0.137. The largest absolute Gasteiger partial charge is 0.463 e. The number of carbonyl (C=O) groups is 2. The van der Waals surface area contributed by atoms with E-state index < -0.39 is 11.9 Å². The molecule has 5 nitrogen and oxygen atoms in total. The number of thiocarbonyl (C=S) groups is 1. The van der Waals surface area contributed by atoms with E-state index in [1.165, 1.54) is 0 Å². The van der Waals surface area contributed by atoms with Gasteiger partial charge in [0.15, 0.2) is 5.11 Å². The summed E-state index contributed by atoms with van der Waals surface area (Å²) in [7, 11) is 0. The van der Waals surface area contributed by atoms with Gasteiger partial charge in [-0.3, -0.25) is 10.1 Å². The van der Waals surface area contributed by atoms with Crippen LogP contribution in [0.2, 0.25) is 5.02 Å². The molecule has 0 unspecified atom stereocenters. The van der Waals surface area contributed by atoms with Gasteiger partial charge in [0.1, 0.15) is 0 Å². The fourth-order valence-corrected chi connectivity index (χ4v) is 1.75. The Bertz CT molecular complexity index is 588. The smallest absolute Gasteiger partial charge is 0.330 e. The van der Waals surface area contributed by atoms with E-state index in [2.05, 4.69) is 15.4 Å². The standard InChI is InChI=1S/C14H15ClN2O3S/c1-3-20-13(19)7-6-12(18)17-14(21)16-11-8-10(15)5-4-9(11)2/h4-8H,3H2,1-2H3,(H2,16,17,18,21)/b7-6+. The molecule has 0 saturated carbocycles. The van der Waals surface area contributed by atoms with E-state index in [1.54, 1.807) is 19.1 Å². The number of benzene rings is 1. The SMILES string of the molecule is CCOC(=O)/C=C/C(=O)NC(=S)Nc1cc(Cl)ccc1C. The Hall–Kier alpha value is -1.92. The highest BCUT2D eigenvalue weighted by atomic mass is 35.5. The van der Waals surface area contributed by atoms with Gasteiger partial charge in [-0.2, -0.15) is 0 Å². The molecule has 0 aliphatic rings. The second-order valence-electron chi connectivity index (χ2n) is 3.99. The second kappa shape index (κ2) is 8.39. The van der Waals surface area contributed by atoms with Crippen LogP contribution >= 0.6 is 23.8 Å². The third-order valence-corrected chi connectivity index (χ3v) is 2.78. The highest BCUT2D eigenvalue weighted by molar-refractivity contribution is 7.80. The van der Waals surface area contributed by atoms with E-state index >= 15 is 0 Å². The monoisotopic (exact) mass is 326 g/mol. The molecule has 7 heteroatoms. The van der Waals surface area contributed by atoms with Gasteiger partial charge in [-0.25, -0.2) is 4.79 Å². The first-order valence-corrected chi connectivity index (χ1v) is 6.94. The number of ether oxygens (including phenoxy) is 1. The number of hydrogen-bond donors (Lipinski definition) is 2. The molecule has 0 aliphatic heterocycles. The quantitative estimate of drug-likeness (QED) is 0.506. The second-order valence-corrected chi connectivity index (χ2v) is 4.83. The molecule has 112 valence electrons. The lowest BCUT2D eigenvalue weighted by atomic mass is 10.2. The average Bonchev–Trinajstić information content (AvgIpc) is 2.41. The number of anilines is 1. The maximum Gasteiger partial charge on any atom is 0.330 e. The maximum atomic E-state index is 11.5. The first-order valence-electron chi connectivity index (χ1n) is 6.15. The Morgan fingerprint density at radius 3 is 2.76 bits per heavy atom.